The van der Waals surface area contributed by atoms with E-state index in [1.54, 1.807) is 34.4 Å². The lowest BCUT2D eigenvalue weighted by molar-refractivity contribution is 0.172. The van der Waals surface area contributed by atoms with Crippen molar-refractivity contribution in [2.45, 2.75) is 37.6 Å². The molecule has 1 fully saturated rings. The minimum absolute atomic E-state index is 0.0202. The minimum atomic E-state index is -3.70. The van der Waals surface area contributed by atoms with E-state index in [0.29, 0.717) is 30.7 Å². The van der Waals surface area contributed by atoms with Gasteiger partial charge in [-0.3, -0.25) is 0 Å². The molecule has 0 aliphatic carbocycles. The first-order valence-corrected chi connectivity index (χ1v) is 12.9. The van der Waals surface area contributed by atoms with Gasteiger partial charge >= 0.3 is 6.03 Å². The largest absolute Gasteiger partial charge is 0.332 e. The standard InChI is InChI=1S/C19H24N6O3S3/c1-19(2,3)17-21-13(12-29-17)11-20-18(26)24-7-9-25(10-8-24)31(27,28)15-6-4-5-14-16(15)23-30-22-14/h4-6,12H,7-11H2,1-3H3,(H,20,26). The van der Waals surface area contributed by atoms with Gasteiger partial charge in [-0.2, -0.15) is 13.1 Å². The Hall–Kier alpha value is -2.15. The van der Waals surface area contributed by atoms with Gasteiger partial charge in [-0.1, -0.05) is 26.8 Å². The first-order chi connectivity index (χ1) is 14.7. The molecular formula is C19H24N6O3S3. The van der Waals surface area contributed by atoms with Crippen LogP contribution in [0.4, 0.5) is 4.79 Å². The average Bonchev–Trinajstić information content (AvgIpc) is 3.41. The number of sulfonamides is 1. The van der Waals surface area contributed by atoms with Crippen molar-refractivity contribution < 1.29 is 13.2 Å². The Bertz CT molecular complexity index is 1190. The number of thiazole rings is 1. The van der Waals surface area contributed by atoms with Crippen molar-refractivity contribution in [3.63, 3.8) is 0 Å². The van der Waals surface area contributed by atoms with Crippen molar-refractivity contribution in [1.82, 2.24) is 28.3 Å². The molecule has 1 aliphatic rings. The number of carbonyl (C=O) groups is 1. The lowest BCUT2D eigenvalue weighted by Crippen LogP contribution is -2.53. The van der Waals surface area contributed by atoms with Crippen LogP contribution in [0.3, 0.4) is 0 Å². The molecule has 2 aromatic heterocycles. The second-order valence-electron chi connectivity index (χ2n) is 8.33. The maximum atomic E-state index is 13.1. The number of urea groups is 1. The molecule has 4 rings (SSSR count). The second kappa shape index (κ2) is 8.41. The van der Waals surface area contributed by atoms with E-state index in [2.05, 4.69) is 39.8 Å². The van der Waals surface area contributed by atoms with Crippen LogP contribution in [0.15, 0.2) is 28.5 Å². The summed E-state index contributed by atoms with van der Waals surface area (Å²) in [5, 5.41) is 5.87. The summed E-state index contributed by atoms with van der Waals surface area (Å²) >= 11 is 2.58. The molecule has 31 heavy (non-hydrogen) atoms. The van der Waals surface area contributed by atoms with Gasteiger partial charge in [-0.15, -0.1) is 11.3 Å². The molecule has 166 valence electrons. The first kappa shape index (κ1) is 22.1. The Labute approximate surface area is 189 Å². The molecule has 0 unspecified atom stereocenters. The number of piperazine rings is 1. The van der Waals surface area contributed by atoms with Crippen LogP contribution >= 0.6 is 23.1 Å². The fourth-order valence-corrected chi connectivity index (χ4v) is 6.35. The van der Waals surface area contributed by atoms with Crippen molar-refractivity contribution in [1.29, 1.82) is 0 Å². The highest BCUT2D eigenvalue weighted by atomic mass is 32.2. The second-order valence-corrected chi connectivity index (χ2v) is 11.6. The predicted molar refractivity (Wildman–Crippen MR) is 121 cm³/mol. The van der Waals surface area contributed by atoms with E-state index >= 15 is 0 Å². The highest BCUT2D eigenvalue weighted by Crippen LogP contribution is 2.26. The topological polar surface area (TPSA) is 108 Å². The molecule has 1 N–H and O–H groups in total. The Morgan fingerprint density at radius 3 is 2.58 bits per heavy atom. The summed E-state index contributed by atoms with van der Waals surface area (Å²) in [6.07, 6.45) is 0. The SMILES string of the molecule is CC(C)(C)c1nc(CNC(=O)N2CCN(S(=O)(=O)c3cccc4nsnc34)CC2)cs1. The zero-order valence-electron chi connectivity index (χ0n) is 17.5. The van der Waals surface area contributed by atoms with Gasteiger partial charge in [0, 0.05) is 37.0 Å². The Kier molecular flexibility index (Phi) is 5.99. The molecule has 9 nitrogen and oxygen atoms in total. The van der Waals surface area contributed by atoms with Crippen LogP contribution in [-0.4, -0.2) is 63.6 Å². The highest BCUT2D eigenvalue weighted by Gasteiger charge is 2.32. The maximum absolute atomic E-state index is 13.1. The summed E-state index contributed by atoms with van der Waals surface area (Å²) in [6, 6.07) is 4.75. The summed E-state index contributed by atoms with van der Waals surface area (Å²) < 4.78 is 35.9. The minimum Gasteiger partial charge on any atom is -0.332 e. The van der Waals surface area contributed by atoms with Crippen LogP contribution in [-0.2, 0) is 22.0 Å². The third-order valence-corrected chi connectivity index (χ3v) is 8.80. The van der Waals surface area contributed by atoms with E-state index in [9.17, 15) is 13.2 Å². The summed E-state index contributed by atoms with van der Waals surface area (Å²) in [7, 11) is -3.70. The molecule has 1 aromatic carbocycles. The monoisotopic (exact) mass is 480 g/mol. The molecule has 1 saturated heterocycles. The van der Waals surface area contributed by atoms with Gasteiger partial charge in [-0.05, 0) is 12.1 Å². The van der Waals surface area contributed by atoms with Gasteiger partial charge < -0.3 is 10.2 Å². The predicted octanol–water partition coefficient (Wildman–Crippen LogP) is 2.66. The van der Waals surface area contributed by atoms with Crippen LogP contribution < -0.4 is 5.32 Å². The van der Waals surface area contributed by atoms with E-state index in [4.69, 9.17) is 0 Å². The van der Waals surface area contributed by atoms with E-state index < -0.39 is 10.0 Å². The lowest BCUT2D eigenvalue weighted by atomic mass is 9.98. The first-order valence-electron chi connectivity index (χ1n) is 9.85. The van der Waals surface area contributed by atoms with Gasteiger partial charge in [0.15, 0.2) is 0 Å². The Balaban J connectivity index is 1.35. The Morgan fingerprint density at radius 2 is 1.90 bits per heavy atom. The quantitative estimate of drug-likeness (QED) is 0.615. The summed E-state index contributed by atoms with van der Waals surface area (Å²) in [4.78, 5) is 18.9. The highest BCUT2D eigenvalue weighted by molar-refractivity contribution is 7.89. The van der Waals surface area contributed by atoms with Crippen molar-refractivity contribution in [3.05, 3.63) is 34.3 Å². The van der Waals surface area contributed by atoms with Gasteiger partial charge in [0.2, 0.25) is 10.0 Å². The van der Waals surface area contributed by atoms with Crippen molar-refractivity contribution in [3.8, 4) is 0 Å². The number of benzene rings is 1. The zero-order valence-corrected chi connectivity index (χ0v) is 20.0. The van der Waals surface area contributed by atoms with Crippen LogP contribution in [0, 0.1) is 0 Å². The molecule has 3 aromatic rings. The number of amides is 2. The van der Waals surface area contributed by atoms with Gasteiger partial charge in [-0.25, -0.2) is 18.2 Å². The van der Waals surface area contributed by atoms with E-state index in [0.717, 1.165) is 22.4 Å². The Morgan fingerprint density at radius 1 is 1.16 bits per heavy atom. The van der Waals surface area contributed by atoms with Crippen molar-refractivity contribution in [2.24, 2.45) is 0 Å². The van der Waals surface area contributed by atoms with Crippen molar-refractivity contribution >= 4 is 50.2 Å². The van der Waals surface area contributed by atoms with E-state index in [1.807, 2.05) is 5.38 Å². The maximum Gasteiger partial charge on any atom is 0.317 e. The number of aromatic nitrogens is 3. The molecule has 0 saturated carbocycles. The average molecular weight is 481 g/mol. The van der Waals surface area contributed by atoms with Gasteiger partial charge in [0.1, 0.15) is 15.9 Å². The smallest absolute Gasteiger partial charge is 0.317 e. The molecule has 0 atom stereocenters. The summed E-state index contributed by atoms with van der Waals surface area (Å²) in [5.41, 5.74) is 1.77. The number of carbonyl (C=O) groups excluding carboxylic acids is 1. The fraction of sp³-hybridized carbons (Fsp3) is 0.474. The normalized spacial score (nSPS) is 16.0. The number of nitrogens with zero attached hydrogens (tertiary/aromatic N) is 5. The number of fused-ring (bicyclic) bond motifs is 1. The molecule has 2 amide bonds. The van der Waals surface area contributed by atoms with Crippen LogP contribution in [0.2, 0.25) is 0 Å². The molecular weight excluding hydrogens is 456 g/mol. The van der Waals surface area contributed by atoms with Crippen LogP contribution in [0.25, 0.3) is 11.0 Å². The number of hydrogen-bond acceptors (Lipinski definition) is 8. The van der Waals surface area contributed by atoms with E-state index in [1.165, 1.54) is 4.31 Å². The zero-order chi connectivity index (χ0) is 22.2. The third kappa shape index (κ3) is 4.56. The van der Waals surface area contributed by atoms with E-state index in [-0.39, 0.29) is 29.4 Å². The fourth-order valence-electron chi connectivity index (χ4n) is 3.27. The molecule has 3 heterocycles. The number of rotatable bonds is 4. The number of nitrogens with one attached hydrogen (secondary N) is 1. The van der Waals surface area contributed by atoms with Crippen LogP contribution in [0.5, 0.6) is 0 Å². The van der Waals surface area contributed by atoms with Crippen molar-refractivity contribution in [2.75, 3.05) is 26.2 Å². The summed E-state index contributed by atoms with van der Waals surface area (Å²) in [6.45, 7) is 7.76. The molecule has 12 heteroatoms. The van der Waals surface area contributed by atoms with Crippen LogP contribution in [0.1, 0.15) is 31.5 Å². The molecule has 0 spiro atoms. The summed E-state index contributed by atoms with van der Waals surface area (Å²) in [5.74, 6) is 0. The third-order valence-electron chi connectivity index (χ3n) is 5.01. The van der Waals surface area contributed by atoms with Gasteiger partial charge in [0.05, 0.1) is 29.0 Å². The molecule has 0 bridgehead atoms. The number of hydrogen-bond donors (Lipinski definition) is 1. The molecule has 1 aliphatic heterocycles. The lowest BCUT2D eigenvalue weighted by Gasteiger charge is -2.33. The van der Waals surface area contributed by atoms with Gasteiger partial charge in [0.25, 0.3) is 0 Å². The molecule has 0 radical (unpaired) electrons.